The Morgan fingerprint density at radius 2 is 1.77 bits per heavy atom. The second-order valence-corrected chi connectivity index (χ2v) is 8.21. The molecule has 6 nitrogen and oxygen atoms in total. The van der Waals surface area contributed by atoms with Gasteiger partial charge in [0, 0.05) is 12.1 Å². The third-order valence-electron chi connectivity index (χ3n) is 4.23. The number of nitrogens with zero attached hydrogens (tertiary/aromatic N) is 2. The molecule has 0 aliphatic carbocycles. The fourth-order valence-corrected chi connectivity index (χ4v) is 3.71. The Morgan fingerprint density at radius 1 is 1.08 bits per heavy atom. The van der Waals surface area contributed by atoms with Crippen LogP contribution in [0.1, 0.15) is 19.7 Å². The predicted octanol–water partition coefficient (Wildman–Crippen LogP) is 3.03. The molecule has 0 spiro atoms. The monoisotopic (exact) mass is 371 g/mol. The fourth-order valence-electron chi connectivity index (χ4n) is 2.83. The molecule has 3 aromatic rings. The molecule has 2 aromatic carbocycles. The van der Waals surface area contributed by atoms with Crippen LogP contribution in [0, 0.1) is 0 Å². The minimum Gasteiger partial charge on any atom is -0.325 e. The van der Waals surface area contributed by atoms with E-state index in [0.29, 0.717) is 5.69 Å². The first-order valence-electron chi connectivity index (χ1n) is 8.51. The molecule has 0 unspecified atom stereocenters. The molecule has 0 aliphatic heterocycles. The molecule has 0 bridgehead atoms. The van der Waals surface area contributed by atoms with Crippen molar-refractivity contribution in [1.82, 2.24) is 9.55 Å². The summed E-state index contributed by atoms with van der Waals surface area (Å²) in [5.41, 5.74) is 2.35. The Balaban J connectivity index is 1.78. The van der Waals surface area contributed by atoms with Gasteiger partial charge in [-0.2, -0.15) is 0 Å². The van der Waals surface area contributed by atoms with E-state index in [0.717, 1.165) is 23.3 Å². The number of amides is 1. The maximum atomic E-state index is 12.5. The van der Waals surface area contributed by atoms with Gasteiger partial charge < -0.3 is 9.88 Å². The summed E-state index contributed by atoms with van der Waals surface area (Å²) in [5, 5.41) is 2.81. The van der Waals surface area contributed by atoms with E-state index in [1.54, 1.807) is 19.1 Å². The first-order valence-corrected chi connectivity index (χ1v) is 10.2. The van der Waals surface area contributed by atoms with Crippen molar-refractivity contribution in [3.8, 4) is 0 Å². The average Bonchev–Trinajstić information content (AvgIpc) is 3.00. The van der Waals surface area contributed by atoms with Gasteiger partial charge in [0.25, 0.3) is 0 Å². The summed E-state index contributed by atoms with van der Waals surface area (Å²) >= 11 is 0. The SMILES string of the molecule is CCc1nc2ccccc2n1CC(=O)Nc1ccc(S(=O)(=O)CC)cc1. The third kappa shape index (κ3) is 3.62. The highest BCUT2D eigenvalue weighted by atomic mass is 32.2. The van der Waals surface area contributed by atoms with Crippen LogP contribution in [0.15, 0.2) is 53.4 Å². The van der Waals surface area contributed by atoms with Gasteiger partial charge in [0.2, 0.25) is 5.91 Å². The van der Waals surface area contributed by atoms with Crippen LogP contribution in [0.4, 0.5) is 5.69 Å². The molecule has 0 saturated heterocycles. The van der Waals surface area contributed by atoms with Crippen molar-refractivity contribution in [2.45, 2.75) is 31.7 Å². The predicted molar refractivity (Wildman–Crippen MR) is 102 cm³/mol. The largest absolute Gasteiger partial charge is 0.325 e. The Hall–Kier alpha value is -2.67. The van der Waals surface area contributed by atoms with Crippen molar-refractivity contribution in [3.63, 3.8) is 0 Å². The summed E-state index contributed by atoms with van der Waals surface area (Å²) in [6.07, 6.45) is 0.728. The molecule has 136 valence electrons. The van der Waals surface area contributed by atoms with Crippen LogP contribution >= 0.6 is 0 Å². The van der Waals surface area contributed by atoms with E-state index in [2.05, 4.69) is 10.3 Å². The van der Waals surface area contributed by atoms with Crippen molar-refractivity contribution in [1.29, 1.82) is 0 Å². The van der Waals surface area contributed by atoms with Gasteiger partial charge in [0.1, 0.15) is 12.4 Å². The molecule has 1 aromatic heterocycles. The highest BCUT2D eigenvalue weighted by molar-refractivity contribution is 7.91. The van der Waals surface area contributed by atoms with Gasteiger partial charge in [-0.3, -0.25) is 4.79 Å². The van der Waals surface area contributed by atoms with E-state index in [1.165, 1.54) is 12.1 Å². The van der Waals surface area contributed by atoms with E-state index in [4.69, 9.17) is 0 Å². The fraction of sp³-hybridized carbons (Fsp3) is 0.263. The number of aromatic nitrogens is 2. The Bertz CT molecular complexity index is 1040. The van der Waals surface area contributed by atoms with Crippen LogP contribution in [0.25, 0.3) is 11.0 Å². The average molecular weight is 371 g/mol. The highest BCUT2D eigenvalue weighted by Gasteiger charge is 2.14. The van der Waals surface area contributed by atoms with Gasteiger partial charge in [-0.25, -0.2) is 13.4 Å². The zero-order chi connectivity index (χ0) is 18.7. The number of imidazole rings is 1. The first kappa shape index (κ1) is 18.1. The van der Waals surface area contributed by atoms with Crippen molar-refractivity contribution >= 4 is 32.5 Å². The van der Waals surface area contributed by atoms with Gasteiger partial charge in [-0.05, 0) is 36.4 Å². The van der Waals surface area contributed by atoms with Crippen LogP contribution < -0.4 is 5.32 Å². The molecule has 7 heteroatoms. The van der Waals surface area contributed by atoms with Crippen molar-refractivity contribution in [2.24, 2.45) is 0 Å². The number of benzene rings is 2. The topological polar surface area (TPSA) is 81.1 Å². The number of sulfone groups is 1. The van der Waals surface area contributed by atoms with Crippen LogP contribution in [-0.4, -0.2) is 29.6 Å². The van der Waals surface area contributed by atoms with E-state index >= 15 is 0 Å². The third-order valence-corrected chi connectivity index (χ3v) is 5.98. The molecular formula is C19H21N3O3S. The molecule has 1 amide bonds. The van der Waals surface area contributed by atoms with Gasteiger partial charge in [-0.15, -0.1) is 0 Å². The zero-order valence-corrected chi connectivity index (χ0v) is 15.6. The molecular weight excluding hydrogens is 350 g/mol. The van der Waals surface area contributed by atoms with Crippen LogP contribution in [0.5, 0.6) is 0 Å². The summed E-state index contributed by atoms with van der Waals surface area (Å²) in [5.74, 6) is 0.714. The molecule has 0 atom stereocenters. The lowest BCUT2D eigenvalue weighted by Gasteiger charge is -2.10. The molecule has 26 heavy (non-hydrogen) atoms. The Labute approximate surface area is 152 Å². The van der Waals surface area contributed by atoms with Crippen LogP contribution in [0.3, 0.4) is 0 Å². The molecule has 0 aliphatic rings. The molecule has 1 heterocycles. The second kappa shape index (κ2) is 7.29. The number of anilines is 1. The number of aryl methyl sites for hydroxylation is 1. The first-order chi connectivity index (χ1) is 12.4. The van der Waals surface area contributed by atoms with Gasteiger partial charge >= 0.3 is 0 Å². The summed E-state index contributed by atoms with van der Waals surface area (Å²) in [6.45, 7) is 3.76. The summed E-state index contributed by atoms with van der Waals surface area (Å²) in [4.78, 5) is 17.3. The van der Waals surface area contributed by atoms with Crippen LogP contribution in [0.2, 0.25) is 0 Å². The summed E-state index contributed by atoms with van der Waals surface area (Å²) < 4.78 is 25.6. The van der Waals surface area contributed by atoms with Crippen molar-refractivity contribution in [3.05, 3.63) is 54.4 Å². The zero-order valence-electron chi connectivity index (χ0n) is 14.8. The maximum absolute atomic E-state index is 12.5. The lowest BCUT2D eigenvalue weighted by molar-refractivity contribution is -0.116. The minimum absolute atomic E-state index is 0.0478. The van der Waals surface area contributed by atoms with Gasteiger partial charge in [0.05, 0.1) is 21.7 Å². The summed E-state index contributed by atoms with van der Waals surface area (Å²) in [7, 11) is -3.24. The van der Waals surface area contributed by atoms with E-state index in [1.807, 2.05) is 35.8 Å². The van der Waals surface area contributed by atoms with Crippen LogP contribution in [-0.2, 0) is 27.6 Å². The maximum Gasteiger partial charge on any atom is 0.244 e. The number of hydrogen-bond donors (Lipinski definition) is 1. The molecule has 0 saturated carbocycles. The molecule has 1 N–H and O–H groups in total. The van der Waals surface area contributed by atoms with E-state index < -0.39 is 9.84 Å². The number of carbonyl (C=O) groups excluding carboxylic acids is 1. The standard InChI is InChI=1S/C19H21N3O3S/c1-3-18-21-16-7-5-6-8-17(16)22(18)13-19(23)20-14-9-11-15(12-10-14)26(24,25)4-2/h5-12H,3-4,13H2,1-2H3,(H,20,23). The Morgan fingerprint density at radius 3 is 2.42 bits per heavy atom. The number of para-hydroxylation sites is 2. The van der Waals surface area contributed by atoms with Gasteiger partial charge in [-0.1, -0.05) is 26.0 Å². The normalized spacial score (nSPS) is 11.6. The number of hydrogen-bond acceptors (Lipinski definition) is 4. The lowest BCUT2D eigenvalue weighted by atomic mass is 10.3. The molecule has 0 fully saturated rings. The number of carbonyl (C=O) groups is 1. The lowest BCUT2D eigenvalue weighted by Crippen LogP contribution is -2.20. The summed E-state index contributed by atoms with van der Waals surface area (Å²) in [6, 6.07) is 13.9. The van der Waals surface area contributed by atoms with Crippen molar-refractivity contribution < 1.29 is 13.2 Å². The minimum atomic E-state index is -3.24. The number of rotatable bonds is 6. The van der Waals surface area contributed by atoms with E-state index in [-0.39, 0.29) is 23.1 Å². The Kier molecular flexibility index (Phi) is 5.08. The second-order valence-electron chi connectivity index (χ2n) is 5.93. The quantitative estimate of drug-likeness (QED) is 0.722. The molecule has 3 rings (SSSR count). The number of nitrogens with one attached hydrogen (secondary N) is 1. The number of fused-ring (bicyclic) bond motifs is 1. The van der Waals surface area contributed by atoms with E-state index in [9.17, 15) is 13.2 Å². The highest BCUT2D eigenvalue weighted by Crippen LogP contribution is 2.18. The smallest absolute Gasteiger partial charge is 0.244 e. The molecule has 0 radical (unpaired) electrons. The van der Waals surface area contributed by atoms with Gasteiger partial charge in [0.15, 0.2) is 9.84 Å². The van der Waals surface area contributed by atoms with Crippen molar-refractivity contribution in [2.75, 3.05) is 11.1 Å².